The minimum atomic E-state index is 0.187. The number of benzene rings is 7. The smallest absolute Gasteiger partial charge is 0.164 e. The Labute approximate surface area is 304 Å². The summed E-state index contributed by atoms with van der Waals surface area (Å²) in [6.07, 6.45) is 6.68. The average molecular weight is 684 g/mol. The van der Waals surface area contributed by atoms with Crippen LogP contribution in [0.1, 0.15) is 17.3 Å². The van der Waals surface area contributed by atoms with E-state index in [1.807, 2.05) is 23.9 Å². The lowest BCUT2D eigenvalue weighted by Crippen LogP contribution is -2.16. The summed E-state index contributed by atoms with van der Waals surface area (Å²) in [5.74, 6) is 2.32. The van der Waals surface area contributed by atoms with Crippen molar-refractivity contribution in [3.63, 3.8) is 0 Å². The summed E-state index contributed by atoms with van der Waals surface area (Å²) in [4.78, 5) is 17.1. The molecule has 9 aromatic rings. The molecule has 52 heavy (non-hydrogen) atoms. The van der Waals surface area contributed by atoms with Crippen molar-refractivity contribution in [3.8, 4) is 33.9 Å². The van der Waals surface area contributed by atoms with Crippen molar-refractivity contribution in [3.05, 3.63) is 175 Å². The van der Waals surface area contributed by atoms with Crippen LogP contribution in [0.4, 0.5) is 0 Å². The number of nitrogens with zero attached hydrogens (tertiary/aromatic N) is 3. The third-order valence-corrected chi connectivity index (χ3v) is 11.9. The largest absolute Gasteiger partial charge is 0.456 e. The van der Waals surface area contributed by atoms with Crippen LogP contribution in [0.2, 0.25) is 0 Å². The van der Waals surface area contributed by atoms with Crippen molar-refractivity contribution in [1.82, 2.24) is 15.0 Å². The second kappa shape index (κ2) is 11.6. The zero-order valence-electron chi connectivity index (χ0n) is 27.9. The van der Waals surface area contributed by atoms with Crippen LogP contribution in [0.25, 0.3) is 83.0 Å². The molecule has 7 aromatic carbocycles. The second-order valence-corrected chi connectivity index (χ2v) is 14.6. The fraction of sp³-hybridized carbons (Fsp3) is 0.0426. The average Bonchev–Trinajstić information content (AvgIpc) is 3.79. The molecule has 0 radical (unpaired) electrons. The van der Waals surface area contributed by atoms with E-state index in [0.717, 1.165) is 71.7 Å². The molecule has 5 heteroatoms. The second-order valence-electron chi connectivity index (χ2n) is 13.5. The van der Waals surface area contributed by atoms with Gasteiger partial charge in [-0.3, -0.25) is 0 Å². The Balaban J connectivity index is 1.12. The van der Waals surface area contributed by atoms with Crippen LogP contribution >= 0.6 is 11.8 Å². The first kappa shape index (κ1) is 29.4. The third-order valence-electron chi connectivity index (χ3n) is 10.5. The van der Waals surface area contributed by atoms with Crippen molar-refractivity contribution in [2.24, 2.45) is 0 Å². The molecule has 2 atom stereocenters. The van der Waals surface area contributed by atoms with Gasteiger partial charge in [0.25, 0.3) is 0 Å². The molecule has 3 heterocycles. The highest BCUT2D eigenvalue weighted by atomic mass is 32.2. The maximum absolute atomic E-state index is 6.28. The molecule has 2 unspecified atom stereocenters. The predicted octanol–water partition coefficient (Wildman–Crippen LogP) is 12.3. The molecule has 1 aliphatic heterocycles. The number of allylic oxidation sites excluding steroid dienone is 3. The summed E-state index contributed by atoms with van der Waals surface area (Å²) in [5.41, 5.74) is 8.49. The van der Waals surface area contributed by atoms with E-state index in [1.165, 1.54) is 15.8 Å². The standard InChI is InChI=1S/C47H29N3OS/c1-2-12-29-27-30(24-23-28(29)11-1)45-48-46(50-47(49-45)39-19-9-18-36-34-15-6-8-22-42(34)52-44(36)39)37-26-25-33(31-13-3-4-14-32(31)37)35-17-10-21-41-43(35)38-16-5-7-20-40(38)51-41/h1-27,36,44H. The number of fused-ring (bicyclic) bond motifs is 8. The van der Waals surface area contributed by atoms with Gasteiger partial charge in [0.05, 0.1) is 0 Å². The predicted molar refractivity (Wildman–Crippen MR) is 214 cm³/mol. The van der Waals surface area contributed by atoms with Crippen LogP contribution < -0.4 is 0 Å². The van der Waals surface area contributed by atoms with Gasteiger partial charge in [0.15, 0.2) is 17.5 Å². The van der Waals surface area contributed by atoms with Crippen molar-refractivity contribution in [1.29, 1.82) is 0 Å². The van der Waals surface area contributed by atoms with Gasteiger partial charge in [-0.05, 0) is 68.6 Å². The number of hydrogen-bond acceptors (Lipinski definition) is 5. The number of hydrogen-bond donors (Lipinski definition) is 0. The number of thioether (sulfide) groups is 1. The van der Waals surface area contributed by atoms with Gasteiger partial charge in [-0.1, -0.05) is 133 Å². The molecule has 0 spiro atoms. The van der Waals surface area contributed by atoms with Crippen LogP contribution in [0, 0.1) is 0 Å². The molecular formula is C47H29N3OS. The van der Waals surface area contributed by atoms with Gasteiger partial charge >= 0.3 is 0 Å². The lowest BCUT2D eigenvalue weighted by molar-refractivity contribution is 0.669. The molecule has 1 aliphatic carbocycles. The lowest BCUT2D eigenvalue weighted by Gasteiger charge is -2.22. The van der Waals surface area contributed by atoms with Crippen LogP contribution in [-0.4, -0.2) is 20.2 Å². The fourth-order valence-corrected chi connectivity index (χ4v) is 9.55. The Hall–Kier alpha value is -6.30. The SMILES string of the molecule is C1=CC2c3ccccc3SC2C(c2nc(-c3ccc4ccccc4c3)nc(-c3ccc(-c4cccc5oc6ccccc6c45)c4ccccc34)n2)=C1. The topological polar surface area (TPSA) is 51.8 Å². The van der Waals surface area contributed by atoms with E-state index in [0.29, 0.717) is 11.6 Å². The first-order chi connectivity index (χ1) is 25.8. The molecule has 2 aromatic heterocycles. The molecule has 11 rings (SSSR count). The van der Waals surface area contributed by atoms with Crippen LogP contribution in [-0.2, 0) is 0 Å². The molecule has 2 aliphatic rings. The van der Waals surface area contributed by atoms with E-state index >= 15 is 0 Å². The van der Waals surface area contributed by atoms with Gasteiger partial charge < -0.3 is 4.42 Å². The highest BCUT2D eigenvalue weighted by Crippen LogP contribution is 2.52. The molecule has 0 bridgehead atoms. The maximum atomic E-state index is 6.28. The number of para-hydroxylation sites is 1. The van der Waals surface area contributed by atoms with E-state index in [1.54, 1.807) is 0 Å². The molecule has 244 valence electrons. The van der Waals surface area contributed by atoms with Gasteiger partial charge in [-0.25, -0.2) is 15.0 Å². The van der Waals surface area contributed by atoms with Crippen molar-refractivity contribution < 1.29 is 4.42 Å². The quantitative estimate of drug-likeness (QED) is 0.185. The van der Waals surface area contributed by atoms with E-state index in [2.05, 4.69) is 152 Å². The molecule has 0 N–H and O–H groups in total. The molecule has 0 fully saturated rings. The van der Waals surface area contributed by atoms with E-state index in [9.17, 15) is 0 Å². The minimum absolute atomic E-state index is 0.187. The first-order valence-corrected chi connectivity index (χ1v) is 18.5. The zero-order valence-corrected chi connectivity index (χ0v) is 28.7. The Morgan fingerprint density at radius 3 is 2.15 bits per heavy atom. The summed E-state index contributed by atoms with van der Waals surface area (Å²) in [6, 6.07) is 51.2. The normalized spacial score (nSPS) is 16.4. The maximum Gasteiger partial charge on any atom is 0.164 e. The van der Waals surface area contributed by atoms with Crippen molar-refractivity contribution in [2.75, 3.05) is 0 Å². The Bertz CT molecular complexity index is 2980. The number of aromatic nitrogens is 3. The highest BCUT2D eigenvalue weighted by Gasteiger charge is 2.37. The van der Waals surface area contributed by atoms with Crippen LogP contribution in [0.15, 0.2) is 173 Å². The van der Waals surface area contributed by atoms with Gasteiger partial charge in [-0.15, -0.1) is 11.8 Å². The Morgan fingerprint density at radius 2 is 1.23 bits per heavy atom. The summed E-state index contributed by atoms with van der Waals surface area (Å²) in [5, 5.41) is 6.98. The Kier molecular flexibility index (Phi) is 6.58. The molecule has 0 saturated heterocycles. The van der Waals surface area contributed by atoms with E-state index in [4.69, 9.17) is 19.4 Å². The van der Waals surface area contributed by atoms with Gasteiger partial charge in [0, 0.05) is 43.5 Å². The summed E-state index contributed by atoms with van der Waals surface area (Å²) in [6.45, 7) is 0. The lowest BCUT2D eigenvalue weighted by atomic mass is 9.87. The van der Waals surface area contributed by atoms with E-state index < -0.39 is 0 Å². The summed E-state index contributed by atoms with van der Waals surface area (Å²) < 4.78 is 6.28. The molecule has 4 nitrogen and oxygen atoms in total. The van der Waals surface area contributed by atoms with Crippen LogP contribution in [0.3, 0.4) is 0 Å². The van der Waals surface area contributed by atoms with Crippen LogP contribution in [0.5, 0.6) is 0 Å². The van der Waals surface area contributed by atoms with Gasteiger partial charge in [0.1, 0.15) is 11.2 Å². The molecular weight excluding hydrogens is 655 g/mol. The van der Waals surface area contributed by atoms with Gasteiger partial charge in [0.2, 0.25) is 0 Å². The monoisotopic (exact) mass is 683 g/mol. The van der Waals surface area contributed by atoms with Crippen molar-refractivity contribution >= 4 is 60.8 Å². The summed E-state index contributed by atoms with van der Waals surface area (Å²) in [7, 11) is 0. The first-order valence-electron chi connectivity index (χ1n) is 17.6. The highest BCUT2D eigenvalue weighted by molar-refractivity contribution is 8.00. The third kappa shape index (κ3) is 4.59. The number of furan rings is 1. The number of rotatable bonds is 4. The zero-order chi connectivity index (χ0) is 34.2. The minimum Gasteiger partial charge on any atom is -0.456 e. The molecule has 0 amide bonds. The van der Waals surface area contributed by atoms with E-state index in [-0.39, 0.29) is 11.2 Å². The summed E-state index contributed by atoms with van der Waals surface area (Å²) >= 11 is 1.91. The van der Waals surface area contributed by atoms with Gasteiger partial charge in [-0.2, -0.15) is 0 Å². The molecule has 0 saturated carbocycles. The Morgan fingerprint density at radius 1 is 0.519 bits per heavy atom. The fourth-order valence-electron chi connectivity index (χ4n) is 8.08. The van der Waals surface area contributed by atoms with Crippen molar-refractivity contribution in [2.45, 2.75) is 16.1 Å².